The number of ether oxygens (including phenoxy) is 9. The Morgan fingerprint density at radius 2 is 0.623 bits per heavy atom. The van der Waals surface area contributed by atoms with Crippen molar-refractivity contribution < 1.29 is 141 Å². The second-order valence-electron chi connectivity index (χ2n) is 33.0. The van der Waals surface area contributed by atoms with Crippen LogP contribution in [0.3, 0.4) is 0 Å². The zero-order valence-corrected chi connectivity index (χ0v) is 79.7. The summed E-state index contributed by atoms with van der Waals surface area (Å²) in [6.07, 6.45) is -12.2. The van der Waals surface area contributed by atoms with Gasteiger partial charge in [-0.1, -0.05) is 12.2 Å². The number of H-pyrrole nitrogens is 3. The maximum atomic E-state index is 13.8. The summed E-state index contributed by atoms with van der Waals surface area (Å²) in [5, 5.41) is 33.7. The van der Waals surface area contributed by atoms with Gasteiger partial charge in [0.15, 0.2) is 87.8 Å². The number of rotatable bonds is 6. The molecule has 0 saturated carbocycles. The van der Waals surface area contributed by atoms with Crippen LogP contribution >= 0.6 is 52.6 Å². The van der Waals surface area contributed by atoms with E-state index in [2.05, 4.69) is 87.0 Å². The lowest BCUT2D eigenvalue weighted by Gasteiger charge is -2.33. The van der Waals surface area contributed by atoms with E-state index in [-0.39, 0.29) is 71.2 Å². The Bertz CT molecular complexity index is 6760. The van der Waals surface area contributed by atoms with Crippen molar-refractivity contribution in [2.75, 3.05) is 93.9 Å². The monoisotopic (exact) mass is 2150 g/mol. The maximum absolute atomic E-state index is 13.8. The van der Waals surface area contributed by atoms with Crippen molar-refractivity contribution in [3.8, 4) is 0 Å². The van der Waals surface area contributed by atoms with E-state index >= 15 is 0 Å². The number of aromatic nitrogens is 21. The van der Waals surface area contributed by atoms with Crippen molar-refractivity contribution in [1.82, 2.24) is 102 Å². The van der Waals surface area contributed by atoms with Gasteiger partial charge in [-0.15, -0.1) is 0 Å². The molecule has 60 nitrogen and oxygen atoms in total. The number of anilines is 6. The molecule has 12 aliphatic rings. The van der Waals surface area contributed by atoms with Gasteiger partial charge in [-0.2, -0.15) is 15.0 Å². The maximum Gasteiger partial charge on any atom is 0.386 e. The summed E-state index contributed by atoms with van der Waals surface area (Å²) < 4.78 is 148. The van der Waals surface area contributed by atoms with E-state index in [1.807, 2.05) is 0 Å². The molecule has 138 heavy (non-hydrogen) atoms. The highest BCUT2D eigenvalue weighted by Gasteiger charge is 2.70. The first-order valence-electron chi connectivity index (χ1n) is 40.8. The Kier molecular flexibility index (Phi) is 24.0. The minimum absolute atomic E-state index is 0.00190. The number of pyridine rings is 3. The smallest absolute Gasteiger partial charge is 0.386 e. The molecule has 0 aromatic carbocycles. The van der Waals surface area contributed by atoms with E-state index in [1.54, 1.807) is 31.9 Å². The lowest BCUT2D eigenvalue weighted by molar-refractivity contribution is -0.183. The van der Waals surface area contributed by atoms with E-state index < -0.39 is 242 Å². The van der Waals surface area contributed by atoms with Crippen molar-refractivity contribution in [2.24, 2.45) is 0 Å². The van der Waals surface area contributed by atoms with Crippen LogP contribution in [-0.2, 0) is 161 Å². The molecule has 0 radical (unpaired) electrons. The molecule has 0 aliphatic carbocycles. The third-order valence-electron chi connectivity index (χ3n) is 24.5. The van der Waals surface area contributed by atoms with E-state index in [0.717, 1.165) is 0 Å². The Balaban J connectivity index is 0.000000119. The normalized spacial score (nSPS) is 39.7. The van der Waals surface area contributed by atoms with E-state index in [9.17, 15) is 58.7 Å². The number of nitrogens with one attached hydrogen (secondary N) is 3. The number of aliphatic hydroxyl groups is 3. The van der Waals surface area contributed by atoms with Gasteiger partial charge < -0.3 is 139 Å². The molecule has 0 spiro atoms. The SMILES string of the molecule is Nc1nc2c(ncn2[C@@H]2O[C@@H]3COP(O)(=S)O[C@@H]4C5OC[C@]4(COP(=O)(S)OC2[C@H]3O)O[C@H]5n2cnc3c(N)ccnc32)c(=O)[nH]1.Nc1nc2c(ncn2[C@@H]2O[C@@H]3COP(O)(=S)O[C@@H]4C5OC[C@]4(COP(O)(=S)OC2[C@H]3O)O[C@H]5n2cnc3c(N)ccnc32)c(=O)[nH]1.Nc1nc2c(ncn2[C@@H]2O[C@@H]3COP(O)(=S)O[C@@H]4C5OC[C@]4(COP(O)(=S)OC2[C@H]3O)O[C@H]5n2cnc3c(N)ccnc32)c(=O)[nH]1. The molecule has 23 N–H and O–H groups in total. The summed E-state index contributed by atoms with van der Waals surface area (Å²) in [6, 6.07) is 4.82. The van der Waals surface area contributed by atoms with E-state index in [4.69, 9.17) is 190 Å². The molecule has 0 amide bonds. The van der Waals surface area contributed by atoms with Gasteiger partial charge in [0.2, 0.25) is 17.8 Å². The van der Waals surface area contributed by atoms with Crippen LogP contribution in [0.1, 0.15) is 37.4 Å². The summed E-state index contributed by atoms with van der Waals surface area (Å²) in [7, 11) is 0. The largest absolute Gasteiger partial charge is 0.397 e. The van der Waals surface area contributed by atoms with Crippen LogP contribution in [0.2, 0.25) is 0 Å². The molecule has 24 rings (SSSR count). The van der Waals surface area contributed by atoms with Crippen molar-refractivity contribution >= 4 is 214 Å². The Labute approximate surface area is 797 Å². The predicted octanol–water partition coefficient (Wildman–Crippen LogP) is -2.47. The number of nitrogens with zero attached hydrogens (tertiary/aromatic N) is 18. The quantitative estimate of drug-likeness (QED) is 0.0606. The highest BCUT2D eigenvalue weighted by molar-refractivity contribution is 8.44. The predicted molar refractivity (Wildman–Crippen MR) is 485 cm³/mol. The van der Waals surface area contributed by atoms with Crippen LogP contribution in [0.15, 0.2) is 89.1 Å². The minimum atomic E-state index is -4.35. The van der Waals surface area contributed by atoms with Crippen molar-refractivity contribution in [2.45, 2.75) is 146 Å². The molecule has 30 atom stereocenters. The highest BCUT2D eigenvalue weighted by atomic mass is 32.7. The van der Waals surface area contributed by atoms with E-state index in [1.165, 1.54) is 70.3 Å². The number of fused-ring (bicyclic) bond motifs is 12. The lowest BCUT2D eigenvalue weighted by atomic mass is 10.0. The van der Waals surface area contributed by atoms with Crippen LogP contribution in [0.25, 0.3) is 67.0 Å². The second-order valence-corrected chi connectivity index (χ2v) is 49.8. The summed E-state index contributed by atoms with van der Waals surface area (Å²) in [5.74, 6) is -0.605. The Morgan fingerprint density at radius 1 is 0.355 bits per heavy atom. The molecule has 12 saturated heterocycles. The number of thiol groups is 1. The van der Waals surface area contributed by atoms with Crippen LogP contribution in [0.5, 0.6) is 0 Å². The number of aliphatic hydroxyl groups excluding tert-OH is 3. The molecule has 12 bridgehead atoms. The zero-order chi connectivity index (χ0) is 96.5. The molecule has 72 heteroatoms. The average Bonchev–Trinajstić information content (AvgIpc) is 1.56. The number of nitrogens with two attached hydrogens (primary N) is 6. The molecule has 12 unspecified atom stereocenters. The van der Waals surface area contributed by atoms with Crippen molar-refractivity contribution in [3.63, 3.8) is 0 Å². The average molecular weight is 2150 g/mol. The molecule has 12 fully saturated rings. The Morgan fingerprint density at radius 3 is 0.928 bits per heavy atom. The molecular weight excluding hydrogens is 2080 g/mol. The first-order valence-corrected chi connectivity index (χ1v) is 56.4. The zero-order valence-electron chi connectivity index (χ0n) is 69.4. The standard InChI is InChI=1S/3C22H25N9O11P2S2/c3*23-8-1-2-25-16-10(8)26-6-30(16)20-14-15-22(40-20,4-36-14)5-38-44(35,46)41-13-12(32)9(3-37-43(34,45)42-15)39-19(13)31-7-27-11-17(31)28-21(24)29-18(11)33/h3*1-2,6-7,9,12-15,19-20,32H,3-5H2,(H2,23,25)(H,34,45)(H,35,46)(H3,24,28,29,33)/t3*9-,12+,13?,14?,15-,19-,20-,22-,43?,44?/m111/s1. The summed E-state index contributed by atoms with van der Waals surface area (Å²) >= 11 is 31.0. The minimum Gasteiger partial charge on any atom is -0.397 e. The number of aromatic amines is 3. The number of imidazole rings is 6. The first-order chi connectivity index (χ1) is 65.5. The molecule has 12 aromatic heterocycles. The van der Waals surface area contributed by atoms with Gasteiger partial charge >= 0.3 is 40.4 Å². The molecular formula is C66H75N27O33P6S6. The number of nitrogen functional groups attached to an aromatic ring is 6. The summed E-state index contributed by atoms with van der Waals surface area (Å²) in [5.41, 5.74) is 32.6. The van der Waals surface area contributed by atoms with Crippen LogP contribution < -0.4 is 51.1 Å². The number of hydrogen-bond acceptors (Lipinski definition) is 51. The topological polar surface area (TPSA) is 812 Å². The van der Waals surface area contributed by atoms with Gasteiger partial charge in [-0.25, -0.2) is 49.4 Å². The third kappa shape index (κ3) is 16.8. The van der Waals surface area contributed by atoms with Gasteiger partial charge in [-0.3, -0.25) is 88.4 Å². The highest BCUT2D eigenvalue weighted by Crippen LogP contribution is 2.65. The number of hydrogen-bond donors (Lipinski definition) is 18. The summed E-state index contributed by atoms with van der Waals surface area (Å²) in [4.78, 5) is 151. The fourth-order valence-electron chi connectivity index (χ4n) is 18.2. The lowest BCUT2D eigenvalue weighted by Crippen LogP contribution is -2.45. The molecule has 24 heterocycles. The molecule has 738 valence electrons. The van der Waals surface area contributed by atoms with E-state index in [0.29, 0.717) is 50.6 Å². The first kappa shape index (κ1) is 95.2. The fourth-order valence-corrected chi connectivity index (χ4v) is 26.9. The van der Waals surface area contributed by atoms with Crippen LogP contribution in [0.4, 0.5) is 34.9 Å². The van der Waals surface area contributed by atoms with Crippen molar-refractivity contribution in [3.05, 3.63) is 106 Å². The fraction of sp³-hybridized carbons (Fsp3) is 0.500. The van der Waals surface area contributed by atoms with Crippen molar-refractivity contribution in [1.29, 1.82) is 0 Å². The van der Waals surface area contributed by atoms with Crippen LogP contribution in [0, 0.1) is 0 Å². The van der Waals surface area contributed by atoms with Gasteiger partial charge in [0.05, 0.1) is 114 Å². The molecule has 12 aromatic rings. The second kappa shape index (κ2) is 34.8. The van der Waals surface area contributed by atoms with Gasteiger partial charge in [0, 0.05) is 18.6 Å². The van der Waals surface area contributed by atoms with Crippen LogP contribution in [-0.4, -0.2) is 310 Å². The summed E-state index contributed by atoms with van der Waals surface area (Å²) in [6.45, 7) is -28.2. The third-order valence-corrected chi connectivity index (χ3v) is 33.8. The van der Waals surface area contributed by atoms with Gasteiger partial charge in [-0.05, 0) is 77.2 Å². The molecule has 12 aliphatic heterocycles. The van der Waals surface area contributed by atoms with Gasteiger partial charge in [0.25, 0.3) is 16.7 Å². The Hall–Kier alpha value is -7.62. The van der Waals surface area contributed by atoms with Gasteiger partial charge in [0.1, 0.15) is 125 Å².